The minimum Gasteiger partial charge on any atom is -0.313 e. The van der Waals surface area contributed by atoms with Crippen molar-refractivity contribution >= 4 is 44.6 Å². The number of allylic oxidation sites excluding steroid dienone is 5. The van der Waals surface area contributed by atoms with E-state index in [-0.39, 0.29) is 0 Å². The van der Waals surface area contributed by atoms with Crippen molar-refractivity contribution < 1.29 is 0 Å². The highest BCUT2D eigenvalue weighted by atomic mass is 15.1. The van der Waals surface area contributed by atoms with Crippen molar-refractivity contribution in [3.8, 4) is 33.4 Å². The van der Waals surface area contributed by atoms with E-state index in [2.05, 4.69) is 241 Å². The second kappa shape index (κ2) is 17.0. The summed E-state index contributed by atoms with van der Waals surface area (Å²) in [6.45, 7) is 5.99. The van der Waals surface area contributed by atoms with E-state index >= 15 is 0 Å². The first-order valence-electron chi connectivity index (χ1n) is 20.4. The van der Waals surface area contributed by atoms with Gasteiger partial charge < -0.3 is 9.47 Å². The number of hydrogen-bond donors (Lipinski definition) is 0. The molecule has 0 amide bonds. The molecule has 0 atom stereocenters. The summed E-state index contributed by atoms with van der Waals surface area (Å²) in [4.78, 5) is 2.32. The zero-order chi connectivity index (χ0) is 40.0. The Kier molecular flexibility index (Phi) is 10.7. The third-order valence-electron chi connectivity index (χ3n) is 11.3. The smallest absolute Gasteiger partial charge is 0.0537 e. The van der Waals surface area contributed by atoms with Crippen molar-refractivity contribution in [1.29, 1.82) is 0 Å². The summed E-state index contributed by atoms with van der Waals surface area (Å²) in [6, 6.07) is 73.6. The van der Waals surface area contributed by atoms with E-state index in [1.165, 1.54) is 72.0 Å². The molecule has 0 bridgehead atoms. The van der Waals surface area contributed by atoms with E-state index in [1.807, 2.05) is 6.08 Å². The van der Waals surface area contributed by atoms with Crippen molar-refractivity contribution in [3.05, 3.63) is 242 Å². The first-order chi connectivity index (χ1) is 29.1. The Labute approximate surface area is 348 Å². The molecule has 0 radical (unpaired) electrons. The fourth-order valence-corrected chi connectivity index (χ4v) is 8.09. The fourth-order valence-electron chi connectivity index (χ4n) is 8.09. The molecule has 1 aliphatic rings. The monoisotopic (exact) mass is 758 g/mol. The molecule has 9 aromatic rings. The Balaban J connectivity index is 0.000000180. The molecule has 8 aromatic carbocycles. The largest absolute Gasteiger partial charge is 0.313 e. The van der Waals surface area contributed by atoms with Gasteiger partial charge in [-0.05, 0) is 113 Å². The van der Waals surface area contributed by atoms with Gasteiger partial charge in [-0.15, -0.1) is 0 Å². The molecule has 2 heteroatoms. The minimum atomic E-state index is 1.06. The molecular formula is C57H46N2. The van der Waals surface area contributed by atoms with Gasteiger partial charge in [-0.2, -0.15) is 0 Å². The van der Waals surface area contributed by atoms with E-state index in [0.29, 0.717) is 0 Å². The first kappa shape index (κ1) is 37.2. The fraction of sp³-hybridized carbons (Fsp3) is 0.0526. The number of fused-ring (bicyclic) bond motifs is 3. The molecule has 284 valence electrons. The van der Waals surface area contributed by atoms with E-state index in [1.54, 1.807) is 0 Å². The molecule has 0 fully saturated rings. The summed E-state index contributed by atoms with van der Waals surface area (Å²) in [7, 11) is 0. The molecule has 59 heavy (non-hydrogen) atoms. The highest BCUT2D eigenvalue weighted by Crippen LogP contribution is 2.38. The molecule has 0 saturated heterocycles. The van der Waals surface area contributed by atoms with Crippen LogP contribution in [-0.2, 0) is 0 Å². The molecule has 0 spiro atoms. The van der Waals surface area contributed by atoms with Gasteiger partial charge in [0, 0.05) is 33.5 Å². The van der Waals surface area contributed by atoms with Crippen LogP contribution in [0.4, 0.5) is 17.1 Å². The third kappa shape index (κ3) is 7.94. The maximum Gasteiger partial charge on any atom is 0.0537 e. The minimum absolute atomic E-state index is 1.06. The second-order valence-corrected chi connectivity index (χ2v) is 15.0. The predicted molar refractivity (Wildman–Crippen MR) is 253 cm³/mol. The number of hydrogen-bond acceptors (Lipinski definition) is 1. The molecule has 1 heterocycles. The molecule has 0 saturated carbocycles. The lowest BCUT2D eigenvalue weighted by Gasteiger charge is -2.26. The lowest BCUT2D eigenvalue weighted by Crippen LogP contribution is -2.09. The highest BCUT2D eigenvalue weighted by Gasteiger charge is 2.16. The molecule has 0 N–H and O–H groups in total. The average molecular weight is 759 g/mol. The zero-order valence-corrected chi connectivity index (χ0v) is 33.4. The average Bonchev–Trinajstić information content (AvgIpc) is 3.65. The van der Waals surface area contributed by atoms with E-state index < -0.39 is 0 Å². The maximum atomic E-state index is 3.87. The van der Waals surface area contributed by atoms with Crippen LogP contribution < -0.4 is 4.90 Å². The summed E-state index contributed by atoms with van der Waals surface area (Å²) in [5.74, 6) is 0. The first-order valence-corrected chi connectivity index (χ1v) is 20.4. The van der Waals surface area contributed by atoms with Crippen LogP contribution in [-0.4, -0.2) is 4.57 Å². The Morgan fingerprint density at radius 3 is 1.17 bits per heavy atom. The zero-order valence-electron chi connectivity index (χ0n) is 33.4. The molecule has 0 unspecified atom stereocenters. The van der Waals surface area contributed by atoms with Crippen LogP contribution in [0.25, 0.3) is 60.9 Å². The van der Waals surface area contributed by atoms with Gasteiger partial charge in [0.05, 0.1) is 11.0 Å². The number of aryl methyl sites for hydroxylation is 1. The number of anilines is 3. The van der Waals surface area contributed by atoms with Crippen LogP contribution in [0.15, 0.2) is 237 Å². The van der Waals surface area contributed by atoms with Crippen LogP contribution in [0.2, 0.25) is 0 Å². The van der Waals surface area contributed by atoms with Crippen LogP contribution in [0, 0.1) is 6.92 Å². The van der Waals surface area contributed by atoms with Crippen molar-refractivity contribution in [2.24, 2.45) is 0 Å². The summed E-state index contributed by atoms with van der Waals surface area (Å²) < 4.78 is 2.40. The van der Waals surface area contributed by atoms with E-state index in [9.17, 15) is 0 Å². The molecular weight excluding hydrogens is 713 g/mol. The van der Waals surface area contributed by atoms with Crippen LogP contribution >= 0.6 is 0 Å². The van der Waals surface area contributed by atoms with E-state index in [0.717, 1.165) is 29.9 Å². The van der Waals surface area contributed by atoms with Gasteiger partial charge in [0.2, 0.25) is 0 Å². The normalized spacial score (nSPS) is 12.3. The molecule has 1 aromatic heterocycles. The number of rotatable bonds is 8. The van der Waals surface area contributed by atoms with Crippen molar-refractivity contribution in [1.82, 2.24) is 4.57 Å². The van der Waals surface area contributed by atoms with Gasteiger partial charge in [-0.3, -0.25) is 0 Å². The molecule has 0 aliphatic heterocycles. The van der Waals surface area contributed by atoms with Gasteiger partial charge in [-0.1, -0.05) is 182 Å². The van der Waals surface area contributed by atoms with E-state index in [4.69, 9.17) is 0 Å². The van der Waals surface area contributed by atoms with Crippen molar-refractivity contribution in [3.63, 3.8) is 0 Å². The Morgan fingerprint density at radius 2 is 0.780 bits per heavy atom. The van der Waals surface area contributed by atoms with Crippen LogP contribution in [0.5, 0.6) is 0 Å². The molecule has 10 rings (SSSR count). The number of nitrogens with zero attached hydrogens (tertiary/aromatic N) is 2. The third-order valence-corrected chi connectivity index (χ3v) is 11.3. The van der Waals surface area contributed by atoms with Crippen molar-refractivity contribution in [2.75, 3.05) is 4.90 Å². The van der Waals surface area contributed by atoms with Gasteiger partial charge in [0.1, 0.15) is 0 Å². The predicted octanol–water partition coefficient (Wildman–Crippen LogP) is 16.0. The quantitative estimate of drug-likeness (QED) is 0.150. The molecule has 1 aliphatic carbocycles. The Hall–Kier alpha value is -7.42. The SMILES string of the molecule is C=CC1=CC=C(n2c3ccccc3c3ccccc32)CC1.Cc1ccc(-c2ccc(N(c3ccc(-c4ccccc4)cc3)c3ccc(-c4ccccc4)cc3)cc2)cc1. The number of para-hydroxylation sites is 2. The summed E-state index contributed by atoms with van der Waals surface area (Å²) in [5.41, 5.74) is 17.2. The standard InChI is InChI=1S/C37H29N.C20H17N/c1-28-12-14-31(15-13-28)34-20-26-37(27-21-34)38(35-22-16-32(17-23-35)29-8-4-2-5-9-29)36-24-18-33(19-25-36)30-10-6-3-7-11-30;1-2-15-11-13-16(14-12-15)21-19-9-5-3-7-17(19)18-8-4-6-10-20(18)21/h2-27H,1H3;2-11,13H,1,12,14H2. The Bertz CT molecular complexity index is 2760. The van der Waals surface area contributed by atoms with Gasteiger partial charge in [0.25, 0.3) is 0 Å². The summed E-state index contributed by atoms with van der Waals surface area (Å²) in [6.07, 6.45) is 8.50. The number of benzene rings is 8. The lowest BCUT2D eigenvalue weighted by molar-refractivity contribution is 0.949. The lowest BCUT2D eigenvalue weighted by atomic mass is 10.0. The highest BCUT2D eigenvalue weighted by molar-refractivity contribution is 6.10. The second-order valence-electron chi connectivity index (χ2n) is 15.0. The molecule has 2 nitrogen and oxygen atoms in total. The summed E-state index contributed by atoms with van der Waals surface area (Å²) in [5, 5.41) is 2.65. The topological polar surface area (TPSA) is 8.17 Å². The van der Waals surface area contributed by atoms with Gasteiger partial charge in [-0.25, -0.2) is 0 Å². The van der Waals surface area contributed by atoms with Crippen molar-refractivity contribution in [2.45, 2.75) is 19.8 Å². The van der Waals surface area contributed by atoms with Gasteiger partial charge in [0.15, 0.2) is 0 Å². The van der Waals surface area contributed by atoms with Gasteiger partial charge >= 0.3 is 0 Å². The number of aromatic nitrogens is 1. The summed E-state index contributed by atoms with van der Waals surface area (Å²) >= 11 is 0. The van der Waals surface area contributed by atoms with Crippen LogP contribution in [0.3, 0.4) is 0 Å². The Morgan fingerprint density at radius 1 is 0.407 bits per heavy atom. The maximum absolute atomic E-state index is 3.87. The van der Waals surface area contributed by atoms with Crippen LogP contribution in [0.1, 0.15) is 18.4 Å².